The molecule has 0 amide bonds. The Hall–Kier alpha value is -0.900. The molecule has 0 aromatic carbocycles. The predicted molar refractivity (Wildman–Crippen MR) is 108 cm³/mol. The fraction of sp³-hybridized carbons (Fsp3) is 0.917. The number of Topliss-reactive ketones (excluding diaryl/α,β-unsaturated/α-hetero) is 1. The summed E-state index contributed by atoms with van der Waals surface area (Å²) >= 11 is 0. The molecule has 4 aliphatic carbocycles. The van der Waals surface area contributed by atoms with Crippen LogP contribution in [0.1, 0.15) is 85.0 Å². The van der Waals surface area contributed by atoms with Gasteiger partial charge in [0.1, 0.15) is 6.10 Å². The van der Waals surface area contributed by atoms with Crippen LogP contribution in [0.15, 0.2) is 0 Å². The molecule has 2 N–H and O–H groups in total. The largest absolute Gasteiger partial charge is 0.481 e. The van der Waals surface area contributed by atoms with E-state index in [4.69, 9.17) is 0 Å². The third kappa shape index (κ3) is 2.58. The first kappa shape index (κ1) is 20.4. The monoisotopic (exact) mass is 390 g/mol. The van der Waals surface area contributed by atoms with E-state index in [1.807, 2.05) is 0 Å². The second-order valence-corrected chi connectivity index (χ2v) is 10.8. The fourth-order valence-electron chi connectivity index (χ4n) is 8.80. The lowest BCUT2D eigenvalue weighted by molar-refractivity contribution is -0.183. The van der Waals surface area contributed by atoms with Gasteiger partial charge in [-0.15, -0.1) is 0 Å². The SMILES string of the molecule is CCC[C@@H](C)[C@H]1C(=O)C(O)[C@H]2[C@@H]3CCC4CCCC[C@]4(C(=O)O)[C@H]3CC[C@]12C. The molecule has 0 aromatic heterocycles. The number of hydrogen-bond acceptors (Lipinski definition) is 3. The zero-order valence-corrected chi connectivity index (χ0v) is 17.8. The molecule has 0 radical (unpaired) electrons. The van der Waals surface area contributed by atoms with Crippen LogP contribution in [0.4, 0.5) is 0 Å². The van der Waals surface area contributed by atoms with Crippen molar-refractivity contribution in [2.24, 2.45) is 46.3 Å². The standard InChI is InChI=1S/C24H38O4/c1-4-7-14(2)18-20(25)21(26)19-16-10-9-15-8-5-6-12-24(15,22(27)28)17(16)11-13-23(18,19)3/h14-19,21,26H,4-13H2,1-3H3,(H,27,28)/t14-,15?,16-,17+,18+,19-,21?,23-,24-/m1/s1. The Bertz CT molecular complexity index is 645. The molecule has 28 heavy (non-hydrogen) atoms. The highest BCUT2D eigenvalue weighted by atomic mass is 16.4. The third-order valence-electron chi connectivity index (χ3n) is 9.73. The van der Waals surface area contributed by atoms with Crippen LogP contribution in [0, 0.1) is 46.3 Å². The van der Waals surface area contributed by atoms with Gasteiger partial charge in [0.25, 0.3) is 0 Å². The minimum atomic E-state index is -0.895. The first-order valence-corrected chi connectivity index (χ1v) is 11.7. The van der Waals surface area contributed by atoms with E-state index in [2.05, 4.69) is 20.8 Å². The topological polar surface area (TPSA) is 74.6 Å². The third-order valence-corrected chi connectivity index (χ3v) is 9.73. The van der Waals surface area contributed by atoms with Crippen LogP contribution in [0.25, 0.3) is 0 Å². The summed E-state index contributed by atoms with van der Waals surface area (Å²) in [7, 11) is 0. The summed E-state index contributed by atoms with van der Waals surface area (Å²) in [6.07, 6.45) is 8.90. The van der Waals surface area contributed by atoms with E-state index in [0.29, 0.717) is 0 Å². The number of carboxylic acids is 1. The quantitative estimate of drug-likeness (QED) is 0.730. The molecule has 158 valence electrons. The number of aliphatic hydroxyl groups is 1. The molecule has 0 spiro atoms. The average Bonchev–Trinajstić information content (AvgIpc) is 2.87. The Morgan fingerprint density at radius 1 is 1.18 bits per heavy atom. The van der Waals surface area contributed by atoms with Gasteiger partial charge in [-0.05, 0) is 67.6 Å². The van der Waals surface area contributed by atoms with E-state index in [9.17, 15) is 19.8 Å². The predicted octanol–water partition coefficient (Wildman–Crippen LogP) is 4.69. The molecule has 4 aliphatic rings. The number of ketones is 1. The molecule has 0 aliphatic heterocycles. The second-order valence-electron chi connectivity index (χ2n) is 10.8. The number of fused-ring (bicyclic) bond motifs is 5. The minimum Gasteiger partial charge on any atom is -0.481 e. The smallest absolute Gasteiger partial charge is 0.310 e. The Kier molecular flexibility index (Phi) is 5.17. The number of aliphatic carboxylic acids is 1. The molecule has 0 saturated heterocycles. The van der Waals surface area contributed by atoms with Gasteiger partial charge < -0.3 is 10.2 Å². The lowest BCUT2D eigenvalue weighted by Gasteiger charge is -2.59. The first-order valence-electron chi connectivity index (χ1n) is 11.7. The maximum Gasteiger partial charge on any atom is 0.310 e. The van der Waals surface area contributed by atoms with Gasteiger partial charge in [0.05, 0.1) is 5.41 Å². The van der Waals surface area contributed by atoms with Crippen LogP contribution < -0.4 is 0 Å². The van der Waals surface area contributed by atoms with Crippen molar-refractivity contribution in [3.8, 4) is 0 Å². The molecule has 4 nitrogen and oxygen atoms in total. The molecule has 0 aromatic rings. The van der Waals surface area contributed by atoms with E-state index in [-0.39, 0.29) is 46.7 Å². The molecule has 9 atom stereocenters. The van der Waals surface area contributed by atoms with Gasteiger partial charge in [-0.1, -0.05) is 46.5 Å². The van der Waals surface area contributed by atoms with E-state index in [1.54, 1.807) is 0 Å². The highest BCUT2D eigenvalue weighted by molar-refractivity contribution is 5.89. The van der Waals surface area contributed by atoms with Gasteiger partial charge in [0.2, 0.25) is 0 Å². The highest BCUT2D eigenvalue weighted by Gasteiger charge is 2.68. The summed E-state index contributed by atoms with van der Waals surface area (Å²) in [5.41, 5.74) is -0.786. The first-order chi connectivity index (χ1) is 13.3. The Balaban J connectivity index is 1.71. The Labute approximate surface area is 169 Å². The minimum absolute atomic E-state index is 0.0456. The van der Waals surface area contributed by atoms with Gasteiger partial charge in [-0.2, -0.15) is 0 Å². The van der Waals surface area contributed by atoms with Crippen molar-refractivity contribution in [2.45, 2.75) is 91.1 Å². The summed E-state index contributed by atoms with van der Waals surface area (Å²) in [4.78, 5) is 25.8. The van der Waals surface area contributed by atoms with Crippen LogP contribution in [0.3, 0.4) is 0 Å². The number of carbonyl (C=O) groups is 2. The molecular formula is C24H38O4. The van der Waals surface area contributed by atoms with Crippen LogP contribution in [0.5, 0.6) is 0 Å². The lowest BCUT2D eigenvalue weighted by Crippen LogP contribution is -2.58. The van der Waals surface area contributed by atoms with E-state index in [1.165, 1.54) is 0 Å². The van der Waals surface area contributed by atoms with Crippen molar-refractivity contribution < 1.29 is 19.8 Å². The number of hydrogen-bond donors (Lipinski definition) is 2. The van der Waals surface area contributed by atoms with Crippen LogP contribution in [-0.4, -0.2) is 28.1 Å². The van der Waals surface area contributed by atoms with Crippen LogP contribution in [0.2, 0.25) is 0 Å². The molecule has 4 heteroatoms. The van der Waals surface area contributed by atoms with Gasteiger partial charge in [0.15, 0.2) is 5.78 Å². The Morgan fingerprint density at radius 3 is 2.61 bits per heavy atom. The number of carbonyl (C=O) groups excluding carboxylic acids is 1. The van der Waals surface area contributed by atoms with Gasteiger partial charge in [0, 0.05) is 11.8 Å². The van der Waals surface area contributed by atoms with Gasteiger partial charge >= 0.3 is 5.97 Å². The molecule has 0 heterocycles. The summed E-state index contributed by atoms with van der Waals surface area (Å²) in [6.45, 7) is 6.57. The van der Waals surface area contributed by atoms with E-state index in [0.717, 1.165) is 64.2 Å². The average molecular weight is 391 g/mol. The summed E-state index contributed by atoms with van der Waals surface area (Å²) in [6, 6.07) is 0. The van der Waals surface area contributed by atoms with Crippen molar-refractivity contribution in [3.05, 3.63) is 0 Å². The zero-order chi connectivity index (χ0) is 20.3. The fourth-order valence-corrected chi connectivity index (χ4v) is 8.80. The highest BCUT2D eigenvalue weighted by Crippen LogP contribution is 2.67. The van der Waals surface area contributed by atoms with Crippen LogP contribution in [-0.2, 0) is 9.59 Å². The normalized spacial score (nSPS) is 49.1. The zero-order valence-electron chi connectivity index (χ0n) is 17.8. The van der Waals surface area contributed by atoms with Crippen molar-refractivity contribution in [1.82, 2.24) is 0 Å². The van der Waals surface area contributed by atoms with E-state index < -0.39 is 17.5 Å². The maximum absolute atomic E-state index is 13.2. The second kappa shape index (κ2) is 7.11. The van der Waals surface area contributed by atoms with Crippen LogP contribution >= 0.6 is 0 Å². The summed E-state index contributed by atoms with van der Waals surface area (Å²) < 4.78 is 0. The van der Waals surface area contributed by atoms with E-state index >= 15 is 0 Å². The molecule has 2 unspecified atom stereocenters. The lowest BCUT2D eigenvalue weighted by atomic mass is 9.44. The Morgan fingerprint density at radius 2 is 1.93 bits per heavy atom. The van der Waals surface area contributed by atoms with Crippen molar-refractivity contribution >= 4 is 11.8 Å². The molecule has 4 fully saturated rings. The molecular weight excluding hydrogens is 352 g/mol. The van der Waals surface area contributed by atoms with Gasteiger partial charge in [-0.25, -0.2) is 0 Å². The van der Waals surface area contributed by atoms with Crippen molar-refractivity contribution in [1.29, 1.82) is 0 Å². The van der Waals surface area contributed by atoms with Crippen molar-refractivity contribution in [3.63, 3.8) is 0 Å². The number of aliphatic hydroxyl groups excluding tert-OH is 1. The maximum atomic E-state index is 13.2. The van der Waals surface area contributed by atoms with Gasteiger partial charge in [-0.3, -0.25) is 9.59 Å². The summed E-state index contributed by atoms with van der Waals surface area (Å²) in [5, 5.41) is 21.5. The number of carboxylic acid groups (broad SMARTS) is 1. The molecule has 4 saturated carbocycles. The van der Waals surface area contributed by atoms with Crippen molar-refractivity contribution in [2.75, 3.05) is 0 Å². The summed E-state index contributed by atoms with van der Waals surface area (Å²) in [5.74, 6) is 0.202. The number of rotatable bonds is 4. The molecule has 4 rings (SSSR count). The molecule has 0 bridgehead atoms.